The molecule has 0 unspecified atom stereocenters. The predicted octanol–water partition coefficient (Wildman–Crippen LogP) is 3.23. The van der Waals surface area contributed by atoms with Crippen molar-refractivity contribution in [1.82, 2.24) is 9.88 Å². The summed E-state index contributed by atoms with van der Waals surface area (Å²) in [4.78, 5) is 11.8. The number of nitrogens with zero attached hydrogens (tertiary/aromatic N) is 1. The van der Waals surface area contributed by atoms with Crippen LogP contribution in [0.15, 0.2) is 66.9 Å². The smallest absolute Gasteiger partial charge is 0.223 e. The summed E-state index contributed by atoms with van der Waals surface area (Å²) >= 11 is 0. The lowest BCUT2D eigenvalue weighted by Crippen LogP contribution is -2.28. The van der Waals surface area contributed by atoms with Gasteiger partial charge in [-0.3, -0.25) is 4.79 Å². The van der Waals surface area contributed by atoms with Crippen molar-refractivity contribution in [2.45, 2.75) is 13.0 Å². The summed E-state index contributed by atoms with van der Waals surface area (Å²) < 4.78 is 7.67. The average Bonchev–Trinajstić information content (AvgIpc) is 2.99. The highest BCUT2D eigenvalue weighted by atomic mass is 16.5. The molecule has 0 saturated heterocycles. The highest BCUT2D eigenvalue weighted by Crippen LogP contribution is 2.14. The summed E-state index contributed by atoms with van der Waals surface area (Å²) in [6.45, 7) is 1.77. The summed E-state index contributed by atoms with van der Waals surface area (Å²) in [6, 6.07) is 19.9. The summed E-state index contributed by atoms with van der Waals surface area (Å²) in [5, 5.41) is 4.15. The van der Waals surface area contributed by atoms with Gasteiger partial charge in [-0.15, -0.1) is 0 Å². The highest BCUT2D eigenvalue weighted by molar-refractivity contribution is 5.80. The van der Waals surface area contributed by atoms with Gasteiger partial charge in [0.05, 0.1) is 13.0 Å². The molecule has 3 aromatic rings. The van der Waals surface area contributed by atoms with Crippen LogP contribution in [0.1, 0.15) is 6.42 Å². The van der Waals surface area contributed by atoms with Crippen molar-refractivity contribution in [2.75, 3.05) is 13.2 Å². The van der Waals surface area contributed by atoms with Gasteiger partial charge in [-0.25, -0.2) is 0 Å². The first-order valence-corrected chi connectivity index (χ1v) is 7.81. The van der Waals surface area contributed by atoms with Crippen molar-refractivity contribution in [3.8, 4) is 5.75 Å². The molecule has 2 aromatic carbocycles. The largest absolute Gasteiger partial charge is 0.493 e. The number of fused-ring (bicyclic) bond motifs is 1. The summed E-state index contributed by atoms with van der Waals surface area (Å²) in [7, 11) is 0. The van der Waals surface area contributed by atoms with E-state index in [9.17, 15) is 4.79 Å². The summed E-state index contributed by atoms with van der Waals surface area (Å²) in [5.41, 5.74) is 1.19. The first-order valence-electron chi connectivity index (χ1n) is 7.81. The zero-order chi connectivity index (χ0) is 15.9. The maximum Gasteiger partial charge on any atom is 0.223 e. The van der Waals surface area contributed by atoms with Crippen molar-refractivity contribution in [3.63, 3.8) is 0 Å². The second kappa shape index (κ2) is 7.49. The zero-order valence-electron chi connectivity index (χ0n) is 12.9. The third-order valence-electron chi connectivity index (χ3n) is 3.70. The van der Waals surface area contributed by atoms with Crippen LogP contribution < -0.4 is 10.1 Å². The molecule has 0 aliphatic carbocycles. The number of carbonyl (C=O) groups excluding carboxylic acids is 1. The monoisotopic (exact) mass is 308 g/mol. The van der Waals surface area contributed by atoms with Gasteiger partial charge in [-0.1, -0.05) is 36.4 Å². The maximum absolute atomic E-state index is 11.8. The van der Waals surface area contributed by atoms with Crippen molar-refractivity contribution >= 4 is 16.8 Å². The van der Waals surface area contributed by atoms with Crippen LogP contribution in [0.2, 0.25) is 0 Å². The second-order valence-corrected chi connectivity index (χ2v) is 5.33. The molecule has 23 heavy (non-hydrogen) atoms. The molecule has 0 aliphatic rings. The normalized spacial score (nSPS) is 10.6. The quantitative estimate of drug-likeness (QED) is 0.728. The number of hydrogen-bond donors (Lipinski definition) is 1. The van der Waals surface area contributed by atoms with Gasteiger partial charge in [0.15, 0.2) is 0 Å². The van der Waals surface area contributed by atoms with Crippen LogP contribution in [-0.4, -0.2) is 23.6 Å². The molecule has 0 radical (unpaired) electrons. The van der Waals surface area contributed by atoms with E-state index in [2.05, 4.69) is 34.3 Å². The van der Waals surface area contributed by atoms with Crippen LogP contribution in [0.3, 0.4) is 0 Å². The molecule has 0 bridgehead atoms. The van der Waals surface area contributed by atoms with E-state index in [4.69, 9.17) is 4.74 Å². The fourth-order valence-corrected chi connectivity index (χ4v) is 2.52. The number of ether oxygens (including phenoxy) is 1. The van der Waals surface area contributed by atoms with Crippen LogP contribution in [0.4, 0.5) is 0 Å². The maximum atomic E-state index is 11.8. The van der Waals surface area contributed by atoms with Crippen LogP contribution in [0.5, 0.6) is 5.75 Å². The Morgan fingerprint density at radius 3 is 2.65 bits per heavy atom. The molecule has 3 rings (SSSR count). The third-order valence-corrected chi connectivity index (χ3v) is 3.70. The number of hydrogen-bond acceptors (Lipinski definition) is 2. The first kappa shape index (κ1) is 15.2. The van der Waals surface area contributed by atoms with Gasteiger partial charge in [0.2, 0.25) is 5.91 Å². The molecule has 4 heteroatoms. The Labute approximate surface area is 135 Å². The molecule has 1 amide bonds. The molecule has 0 fully saturated rings. The van der Waals surface area contributed by atoms with Crippen molar-refractivity contribution in [3.05, 3.63) is 66.9 Å². The van der Waals surface area contributed by atoms with E-state index in [0.717, 1.165) is 12.3 Å². The molecule has 1 N–H and O–H groups in total. The van der Waals surface area contributed by atoms with Gasteiger partial charge in [-0.05, 0) is 29.7 Å². The zero-order valence-corrected chi connectivity index (χ0v) is 12.9. The van der Waals surface area contributed by atoms with Gasteiger partial charge in [0, 0.05) is 24.8 Å². The van der Waals surface area contributed by atoms with Crippen molar-refractivity contribution < 1.29 is 9.53 Å². The minimum absolute atomic E-state index is 0.0115. The standard InChI is InChI=1S/C19H20N2O2/c22-19(11-15-23-17-7-2-1-3-8-17)20-12-14-21-13-10-16-6-4-5-9-18(16)21/h1-10,13H,11-12,14-15H2,(H,20,22). The number of nitrogens with one attached hydrogen (secondary N) is 1. The number of benzene rings is 2. The molecule has 4 nitrogen and oxygen atoms in total. The third kappa shape index (κ3) is 4.13. The minimum Gasteiger partial charge on any atom is -0.493 e. The number of aromatic nitrogens is 1. The first-order chi connectivity index (χ1) is 11.3. The summed E-state index contributed by atoms with van der Waals surface area (Å²) in [6.07, 6.45) is 2.41. The van der Waals surface area contributed by atoms with Gasteiger partial charge in [0.1, 0.15) is 5.75 Å². The fourth-order valence-electron chi connectivity index (χ4n) is 2.52. The Bertz CT molecular complexity index is 765. The number of amides is 1. The molecule has 0 atom stereocenters. The number of carbonyl (C=O) groups is 1. The molecule has 0 spiro atoms. The van der Waals surface area contributed by atoms with Gasteiger partial charge in [0.25, 0.3) is 0 Å². The topological polar surface area (TPSA) is 43.3 Å². The van der Waals surface area contributed by atoms with Crippen molar-refractivity contribution in [1.29, 1.82) is 0 Å². The highest BCUT2D eigenvalue weighted by Gasteiger charge is 2.03. The Kier molecular flexibility index (Phi) is 4.94. The Balaban J connectivity index is 1.39. The molecular formula is C19H20N2O2. The predicted molar refractivity (Wildman–Crippen MR) is 91.5 cm³/mol. The van der Waals surface area contributed by atoms with Gasteiger partial charge >= 0.3 is 0 Å². The molecule has 0 saturated carbocycles. The molecule has 0 aliphatic heterocycles. The number of rotatable bonds is 7. The summed E-state index contributed by atoms with van der Waals surface area (Å²) in [5.74, 6) is 0.802. The van der Waals surface area contributed by atoms with Crippen LogP contribution in [-0.2, 0) is 11.3 Å². The van der Waals surface area contributed by atoms with Crippen LogP contribution in [0, 0.1) is 0 Å². The van der Waals surface area contributed by atoms with Crippen LogP contribution in [0.25, 0.3) is 10.9 Å². The Hall–Kier alpha value is -2.75. The SMILES string of the molecule is O=C(CCOc1ccccc1)NCCn1ccc2ccccc21. The minimum atomic E-state index is 0.0115. The second-order valence-electron chi connectivity index (χ2n) is 5.33. The molecule has 1 heterocycles. The molecule has 1 aromatic heterocycles. The van der Waals surface area contributed by atoms with E-state index >= 15 is 0 Å². The van der Waals surface area contributed by atoms with E-state index in [1.165, 1.54) is 10.9 Å². The number of para-hydroxylation sites is 2. The fraction of sp³-hybridized carbons (Fsp3) is 0.211. The van der Waals surface area contributed by atoms with E-state index < -0.39 is 0 Å². The lowest BCUT2D eigenvalue weighted by atomic mass is 10.2. The lowest BCUT2D eigenvalue weighted by molar-refractivity contribution is -0.121. The Morgan fingerprint density at radius 2 is 1.78 bits per heavy atom. The van der Waals surface area contributed by atoms with E-state index in [-0.39, 0.29) is 5.91 Å². The van der Waals surface area contributed by atoms with E-state index in [0.29, 0.717) is 19.6 Å². The van der Waals surface area contributed by atoms with E-state index in [1.54, 1.807) is 0 Å². The van der Waals surface area contributed by atoms with E-state index in [1.807, 2.05) is 42.5 Å². The molecule has 118 valence electrons. The van der Waals surface area contributed by atoms with Crippen molar-refractivity contribution in [2.24, 2.45) is 0 Å². The van der Waals surface area contributed by atoms with Gasteiger partial charge in [-0.2, -0.15) is 0 Å². The average molecular weight is 308 g/mol. The van der Waals surface area contributed by atoms with Crippen LogP contribution >= 0.6 is 0 Å². The lowest BCUT2D eigenvalue weighted by Gasteiger charge is -2.08. The van der Waals surface area contributed by atoms with Gasteiger partial charge < -0.3 is 14.6 Å². The Morgan fingerprint density at radius 1 is 1.00 bits per heavy atom. The molecular weight excluding hydrogens is 288 g/mol.